The quantitative estimate of drug-likeness (QED) is 0.254. The molecule has 1 aliphatic carbocycles. The summed E-state index contributed by atoms with van der Waals surface area (Å²) in [5, 5.41) is 25.2. The zero-order valence-electron chi connectivity index (χ0n) is 18.6. The van der Waals surface area contributed by atoms with Gasteiger partial charge in [0.05, 0.1) is 0 Å². The lowest BCUT2D eigenvalue weighted by atomic mass is 10.1. The molecule has 0 spiro atoms. The average molecular weight is 441 g/mol. The van der Waals surface area contributed by atoms with Crippen LogP contribution >= 0.6 is 0 Å². The lowest BCUT2D eigenvalue weighted by Gasteiger charge is -1.98. The van der Waals surface area contributed by atoms with Gasteiger partial charge in [0.2, 0.25) is 0 Å². The van der Waals surface area contributed by atoms with E-state index in [9.17, 15) is 4.79 Å². The zero-order valence-corrected chi connectivity index (χ0v) is 18.6. The second kappa shape index (κ2) is 13.2. The molecule has 1 aliphatic rings. The highest BCUT2D eigenvalue weighted by Crippen LogP contribution is 2.35. The topological polar surface area (TPSA) is 77.8 Å². The number of aromatic hydroxyl groups is 2. The predicted octanol–water partition coefficient (Wildman–Crippen LogP) is 6.69. The smallest absolute Gasteiger partial charge is 0.330 e. The normalized spacial score (nSPS) is 9.85. The fraction of sp³-hybridized carbons (Fsp3) is 0.0690. The van der Waals surface area contributed by atoms with E-state index in [1.807, 2.05) is 12.1 Å². The molecule has 33 heavy (non-hydrogen) atoms. The van der Waals surface area contributed by atoms with Crippen molar-refractivity contribution in [2.24, 2.45) is 0 Å². The highest BCUT2D eigenvalue weighted by Gasteiger charge is 2.15. The van der Waals surface area contributed by atoms with E-state index in [0.717, 1.165) is 6.42 Å². The number of carbonyl (C=O) groups is 1. The number of rotatable bonds is 1. The van der Waals surface area contributed by atoms with Crippen molar-refractivity contribution in [1.82, 2.24) is 0 Å². The fourth-order valence-corrected chi connectivity index (χ4v) is 2.94. The Morgan fingerprint density at radius 3 is 1.21 bits per heavy atom. The first-order chi connectivity index (χ1) is 15.9. The van der Waals surface area contributed by atoms with Gasteiger partial charge in [-0.05, 0) is 59.9 Å². The van der Waals surface area contributed by atoms with Gasteiger partial charge in [-0.2, -0.15) is 0 Å². The first-order valence-corrected chi connectivity index (χ1v) is 10.4. The average Bonchev–Trinajstić information content (AvgIpc) is 3.20. The van der Waals surface area contributed by atoms with E-state index in [0.29, 0.717) is 11.5 Å². The molecule has 4 aromatic rings. The molecule has 0 radical (unpaired) electrons. The van der Waals surface area contributed by atoms with E-state index in [-0.39, 0.29) is 5.57 Å². The van der Waals surface area contributed by atoms with Crippen molar-refractivity contribution in [3.8, 4) is 22.6 Å². The molecule has 3 N–H and O–H groups in total. The van der Waals surface area contributed by atoms with Gasteiger partial charge < -0.3 is 15.3 Å². The highest BCUT2D eigenvalue weighted by atomic mass is 16.4. The lowest BCUT2D eigenvalue weighted by molar-refractivity contribution is -0.132. The van der Waals surface area contributed by atoms with Crippen molar-refractivity contribution in [3.05, 3.63) is 132 Å². The van der Waals surface area contributed by atoms with Crippen LogP contribution in [0.1, 0.15) is 18.1 Å². The van der Waals surface area contributed by atoms with Crippen LogP contribution in [0.3, 0.4) is 0 Å². The molecule has 4 heteroatoms. The summed E-state index contributed by atoms with van der Waals surface area (Å²) in [6.45, 7) is 4.60. The summed E-state index contributed by atoms with van der Waals surface area (Å²) in [5.74, 6) is -0.292. The number of para-hydroxylation sites is 2. The Hall–Kier alpha value is -4.31. The molecule has 168 valence electrons. The summed E-state index contributed by atoms with van der Waals surface area (Å²) in [6.07, 6.45) is 1.10. The summed E-state index contributed by atoms with van der Waals surface area (Å²) in [5.41, 5.74) is 5.93. The molecule has 4 aromatic carbocycles. The predicted molar refractivity (Wildman–Crippen MR) is 133 cm³/mol. The number of phenols is 2. The summed E-state index contributed by atoms with van der Waals surface area (Å²) >= 11 is 0. The van der Waals surface area contributed by atoms with Gasteiger partial charge in [-0.15, -0.1) is 0 Å². The van der Waals surface area contributed by atoms with E-state index in [1.54, 1.807) is 48.5 Å². The van der Waals surface area contributed by atoms with Crippen LogP contribution in [-0.2, 0) is 11.2 Å². The second-order valence-electron chi connectivity index (χ2n) is 7.25. The first-order valence-electron chi connectivity index (χ1n) is 10.4. The van der Waals surface area contributed by atoms with E-state index >= 15 is 0 Å². The molecule has 0 amide bonds. The van der Waals surface area contributed by atoms with Crippen LogP contribution in [0.5, 0.6) is 11.5 Å². The minimum atomic E-state index is -0.935. The number of benzene rings is 4. The van der Waals surface area contributed by atoms with E-state index < -0.39 is 5.97 Å². The first kappa shape index (κ1) is 25.0. The molecule has 0 aliphatic heterocycles. The third kappa shape index (κ3) is 8.75. The molecule has 0 fully saturated rings. The Morgan fingerprint density at radius 1 is 0.636 bits per heavy atom. The Balaban J connectivity index is 0.000000167. The Morgan fingerprint density at radius 2 is 0.939 bits per heavy atom. The van der Waals surface area contributed by atoms with Crippen molar-refractivity contribution < 1.29 is 20.1 Å². The number of hydrogen-bond donors (Lipinski definition) is 3. The monoisotopic (exact) mass is 440 g/mol. The minimum absolute atomic E-state index is 0.176. The standard InChI is InChI=1S/C13H10.2C6H6O.C4H6O2/c1-3-7-12-10(5-1)9-11-6-2-4-8-13(11)12;2*7-6-4-2-1-3-5-6;1-3(2)4(5)6/h1-8H,9H2;2*1-5,7H;1H2,2H3,(H,5,6). The van der Waals surface area contributed by atoms with Crippen molar-refractivity contribution in [3.63, 3.8) is 0 Å². The maximum absolute atomic E-state index is 9.60. The number of carboxylic acids is 1. The van der Waals surface area contributed by atoms with Crippen LogP contribution in [-0.4, -0.2) is 21.3 Å². The molecule has 0 saturated heterocycles. The van der Waals surface area contributed by atoms with Gasteiger partial charge in [0.1, 0.15) is 11.5 Å². The summed E-state index contributed by atoms with van der Waals surface area (Å²) in [7, 11) is 0. The highest BCUT2D eigenvalue weighted by molar-refractivity contribution is 5.84. The van der Waals surface area contributed by atoms with E-state index in [1.165, 1.54) is 29.2 Å². The van der Waals surface area contributed by atoms with E-state index in [2.05, 4.69) is 55.1 Å². The SMILES string of the molecule is C=C(C)C(=O)O.Oc1ccccc1.Oc1ccccc1.c1ccc2c(c1)Cc1ccccc1-2. The zero-order chi connectivity index (χ0) is 24.1. The minimum Gasteiger partial charge on any atom is -0.508 e. The summed E-state index contributed by atoms with van der Waals surface area (Å²) < 4.78 is 0. The van der Waals surface area contributed by atoms with Crippen molar-refractivity contribution in [1.29, 1.82) is 0 Å². The largest absolute Gasteiger partial charge is 0.508 e. The van der Waals surface area contributed by atoms with Gasteiger partial charge in [-0.3, -0.25) is 0 Å². The van der Waals surface area contributed by atoms with Crippen molar-refractivity contribution in [2.45, 2.75) is 13.3 Å². The molecule has 0 unspecified atom stereocenters. The third-order valence-electron chi connectivity index (χ3n) is 4.58. The number of phenolic OH excluding ortho intramolecular Hbond substituents is 2. The van der Waals surface area contributed by atoms with Gasteiger partial charge in [0.25, 0.3) is 0 Å². The molecule has 0 aromatic heterocycles. The Labute approximate surface area is 194 Å². The molecule has 0 saturated carbocycles. The van der Waals surface area contributed by atoms with Crippen LogP contribution < -0.4 is 0 Å². The summed E-state index contributed by atoms with van der Waals surface area (Å²) in [6, 6.07) is 34.7. The molecule has 0 bridgehead atoms. The number of carboxylic acid groups (broad SMARTS) is 1. The second-order valence-corrected chi connectivity index (χ2v) is 7.25. The number of fused-ring (bicyclic) bond motifs is 3. The molecular formula is C29H28O4. The molecule has 0 atom stereocenters. The van der Waals surface area contributed by atoms with Gasteiger partial charge in [-0.25, -0.2) is 4.79 Å². The third-order valence-corrected chi connectivity index (χ3v) is 4.58. The van der Waals surface area contributed by atoms with Gasteiger partial charge >= 0.3 is 5.97 Å². The summed E-state index contributed by atoms with van der Waals surface area (Å²) in [4.78, 5) is 9.60. The Bertz CT molecular complexity index is 1060. The van der Waals surface area contributed by atoms with Crippen LogP contribution in [0.25, 0.3) is 11.1 Å². The molecule has 5 rings (SSSR count). The number of aliphatic carboxylic acids is 1. The van der Waals surface area contributed by atoms with Crippen molar-refractivity contribution in [2.75, 3.05) is 0 Å². The van der Waals surface area contributed by atoms with Crippen molar-refractivity contribution >= 4 is 5.97 Å². The molecule has 4 nitrogen and oxygen atoms in total. The fourth-order valence-electron chi connectivity index (χ4n) is 2.94. The maximum Gasteiger partial charge on any atom is 0.330 e. The maximum atomic E-state index is 9.60. The van der Waals surface area contributed by atoms with Gasteiger partial charge in [0.15, 0.2) is 0 Å². The van der Waals surface area contributed by atoms with Gasteiger partial charge in [0, 0.05) is 5.57 Å². The molecular weight excluding hydrogens is 412 g/mol. The van der Waals surface area contributed by atoms with Crippen LogP contribution in [0, 0.1) is 0 Å². The Kier molecular flexibility index (Phi) is 9.96. The van der Waals surface area contributed by atoms with Crippen LogP contribution in [0.2, 0.25) is 0 Å². The molecule has 0 heterocycles. The lowest BCUT2D eigenvalue weighted by Crippen LogP contribution is -1.92. The van der Waals surface area contributed by atoms with E-state index in [4.69, 9.17) is 15.3 Å². The van der Waals surface area contributed by atoms with Crippen LogP contribution in [0.15, 0.2) is 121 Å². The van der Waals surface area contributed by atoms with Gasteiger partial charge in [-0.1, -0.05) is 91.5 Å². The van der Waals surface area contributed by atoms with Crippen LogP contribution in [0.4, 0.5) is 0 Å². The number of hydrogen-bond acceptors (Lipinski definition) is 3.